The summed E-state index contributed by atoms with van der Waals surface area (Å²) in [6.07, 6.45) is 0. The van der Waals surface area contributed by atoms with E-state index in [0.717, 1.165) is 20.6 Å². The molecule has 0 aliphatic carbocycles. The van der Waals surface area contributed by atoms with Crippen molar-refractivity contribution in [3.8, 4) is 0 Å². The van der Waals surface area contributed by atoms with Gasteiger partial charge in [-0.05, 0) is 30.2 Å². The molecule has 0 aliphatic heterocycles. The number of carbonyl (C=O) groups excluding carboxylic acids is 1. The van der Waals surface area contributed by atoms with Gasteiger partial charge in [-0.1, -0.05) is 65.6 Å². The van der Waals surface area contributed by atoms with Crippen LogP contribution in [0.4, 0.5) is 9.52 Å². The van der Waals surface area contributed by atoms with Crippen molar-refractivity contribution in [2.24, 2.45) is 0 Å². The van der Waals surface area contributed by atoms with Gasteiger partial charge in [0.25, 0.3) is 0 Å². The van der Waals surface area contributed by atoms with Gasteiger partial charge in [0, 0.05) is 6.54 Å². The lowest BCUT2D eigenvalue weighted by Crippen LogP contribution is -2.28. The van der Waals surface area contributed by atoms with E-state index >= 15 is 0 Å². The first kappa shape index (κ1) is 19.3. The number of halogens is 1. The lowest BCUT2D eigenvalue weighted by Gasteiger charge is -2.13. The summed E-state index contributed by atoms with van der Waals surface area (Å²) >= 11 is 2.76. The minimum atomic E-state index is -0.291. The molecule has 1 atom stereocenters. The summed E-state index contributed by atoms with van der Waals surface area (Å²) in [5.74, 6) is -0.148. The van der Waals surface area contributed by atoms with E-state index in [4.69, 9.17) is 0 Å². The largest absolute Gasteiger partial charge is 0.356 e. The third-order valence-electron chi connectivity index (χ3n) is 3.77. The fourth-order valence-electron chi connectivity index (χ4n) is 2.36. The van der Waals surface area contributed by atoms with Crippen molar-refractivity contribution in [3.05, 3.63) is 71.5 Å². The van der Waals surface area contributed by atoms with Gasteiger partial charge in [0.2, 0.25) is 11.0 Å². The molecular formula is C19H19FN4OS2. The summed E-state index contributed by atoms with van der Waals surface area (Å²) in [6.45, 7) is 2.54. The lowest BCUT2D eigenvalue weighted by molar-refractivity contribution is -0.119. The predicted octanol–water partition coefficient (Wildman–Crippen LogP) is 4.26. The maximum Gasteiger partial charge on any atom is 0.230 e. The van der Waals surface area contributed by atoms with Gasteiger partial charge >= 0.3 is 0 Å². The molecule has 0 fully saturated rings. The van der Waals surface area contributed by atoms with E-state index in [1.54, 1.807) is 12.1 Å². The van der Waals surface area contributed by atoms with Crippen molar-refractivity contribution in [1.29, 1.82) is 0 Å². The normalized spacial score (nSPS) is 11.8. The van der Waals surface area contributed by atoms with E-state index in [0.29, 0.717) is 6.54 Å². The van der Waals surface area contributed by atoms with Crippen LogP contribution in [0.5, 0.6) is 0 Å². The smallest absolute Gasteiger partial charge is 0.230 e. The summed E-state index contributed by atoms with van der Waals surface area (Å²) in [4.78, 5) is 12.1. The molecule has 0 saturated carbocycles. The second-order valence-electron chi connectivity index (χ2n) is 5.84. The third-order valence-corrected chi connectivity index (χ3v) is 5.78. The van der Waals surface area contributed by atoms with Crippen molar-refractivity contribution in [2.45, 2.75) is 23.8 Å². The highest BCUT2D eigenvalue weighted by molar-refractivity contribution is 8.01. The van der Waals surface area contributed by atoms with E-state index in [2.05, 4.69) is 20.8 Å². The Kier molecular flexibility index (Phi) is 6.78. The summed E-state index contributed by atoms with van der Waals surface area (Å²) in [5, 5.41) is 15.0. The topological polar surface area (TPSA) is 66.9 Å². The Morgan fingerprint density at radius 3 is 2.63 bits per heavy atom. The van der Waals surface area contributed by atoms with E-state index < -0.39 is 0 Å². The molecule has 8 heteroatoms. The van der Waals surface area contributed by atoms with Gasteiger partial charge < -0.3 is 10.6 Å². The number of hydrogen-bond donors (Lipinski definition) is 2. The predicted molar refractivity (Wildman–Crippen MR) is 107 cm³/mol. The molecule has 3 aromatic rings. The van der Waals surface area contributed by atoms with Gasteiger partial charge in [0.15, 0.2) is 4.34 Å². The first-order valence-electron chi connectivity index (χ1n) is 8.39. The fourth-order valence-corrected chi connectivity index (χ4v) is 3.92. The van der Waals surface area contributed by atoms with Crippen LogP contribution in [-0.4, -0.2) is 21.9 Å². The summed E-state index contributed by atoms with van der Waals surface area (Å²) < 4.78 is 13.7. The van der Waals surface area contributed by atoms with Crippen LogP contribution >= 0.6 is 23.1 Å². The van der Waals surface area contributed by atoms with Crippen LogP contribution in [0.1, 0.15) is 24.1 Å². The monoisotopic (exact) mass is 402 g/mol. The number of aromatic nitrogens is 2. The average Bonchev–Trinajstić information content (AvgIpc) is 3.14. The number of amides is 1. The van der Waals surface area contributed by atoms with E-state index in [1.165, 1.54) is 35.2 Å². The number of rotatable bonds is 8. The molecule has 5 nitrogen and oxygen atoms in total. The van der Waals surface area contributed by atoms with Crippen molar-refractivity contribution >= 4 is 34.1 Å². The van der Waals surface area contributed by atoms with Gasteiger partial charge in [-0.2, -0.15) is 0 Å². The number of benzene rings is 2. The molecule has 1 amide bonds. The van der Waals surface area contributed by atoms with Crippen LogP contribution in [-0.2, 0) is 11.3 Å². The number of hydrogen-bond acceptors (Lipinski definition) is 6. The maximum absolute atomic E-state index is 13.0. The molecular weight excluding hydrogens is 383 g/mol. The Morgan fingerprint density at radius 2 is 1.89 bits per heavy atom. The van der Waals surface area contributed by atoms with Gasteiger partial charge in [0.05, 0.1) is 11.8 Å². The molecule has 27 heavy (non-hydrogen) atoms. The molecule has 0 radical (unpaired) electrons. The summed E-state index contributed by atoms with van der Waals surface area (Å²) in [7, 11) is 0. The Bertz CT molecular complexity index is 871. The molecule has 2 aromatic carbocycles. The molecule has 1 heterocycles. The Morgan fingerprint density at radius 1 is 1.15 bits per heavy atom. The molecule has 0 saturated heterocycles. The second kappa shape index (κ2) is 9.48. The van der Waals surface area contributed by atoms with Crippen LogP contribution < -0.4 is 10.6 Å². The zero-order valence-corrected chi connectivity index (χ0v) is 16.3. The van der Waals surface area contributed by atoms with Crippen molar-refractivity contribution < 1.29 is 9.18 Å². The van der Waals surface area contributed by atoms with Crippen LogP contribution in [0.3, 0.4) is 0 Å². The first-order chi connectivity index (χ1) is 13.1. The van der Waals surface area contributed by atoms with Crippen LogP contribution in [0.2, 0.25) is 0 Å². The lowest BCUT2D eigenvalue weighted by atomic mass is 10.1. The van der Waals surface area contributed by atoms with Crippen molar-refractivity contribution in [3.63, 3.8) is 0 Å². The molecule has 3 rings (SSSR count). The minimum Gasteiger partial charge on any atom is -0.356 e. The van der Waals surface area contributed by atoms with Gasteiger partial charge in [-0.15, -0.1) is 10.2 Å². The highest BCUT2D eigenvalue weighted by Crippen LogP contribution is 2.25. The summed E-state index contributed by atoms with van der Waals surface area (Å²) in [6, 6.07) is 16.0. The molecule has 2 N–H and O–H groups in total. The molecule has 0 bridgehead atoms. The number of carbonyl (C=O) groups is 1. The number of thioether (sulfide) groups is 1. The number of nitrogens with zero attached hydrogens (tertiary/aromatic N) is 2. The van der Waals surface area contributed by atoms with Crippen molar-refractivity contribution in [2.75, 3.05) is 11.1 Å². The van der Waals surface area contributed by atoms with Gasteiger partial charge in [-0.3, -0.25) is 4.79 Å². The standard InChI is InChI=1S/C19H19FN4OS2/c1-13(15-7-9-16(20)10-8-15)22-17(25)12-26-19-24-23-18(27-19)21-11-14-5-3-2-4-6-14/h2-10,13H,11-12H2,1H3,(H,21,23)(H,22,25)/t13-/m1/s1. The van der Waals surface area contributed by atoms with Crippen LogP contribution in [0, 0.1) is 5.82 Å². The molecule has 140 valence electrons. The van der Waals surface area contributed by atoms with Gasteiger partial charge in [-0.25, -0.2) is 4.39 Å². The zero-order chi connectivity index (χ0) is 19.1. The Labute approximate surface area is 165 Å². The highest BCUT2D eigenvalue weighted by Gasteiger charge is 2.12. The van der Waals surface area contributed by atoms with E-state index in [9.17, 15) is 9.18 Å². The van der Waals surface area contributed by atoms with Crippen molar-refractivity contribution in [1.82, 2.24) is 15.5 Å². The Hall–Kier alpha value is -2.45. The molecule has 0 unspecified atom stereocenters. The number of nitrogens with one attached hydrogen (secondary N) is 2. The van der Waals surface area contributed by atoms with Crippen LogP contribution in [0.15, 0.2) is 58.9 Å². The first-order valence-corrected chi connectivity index (χ1v) is 10.2. The molecule has 0 aliphatic rings. The van der Waals surface area contributed by atoms with Crippen LogP contribution in [0.25, 0.3) is 0 Å². The zero-order valence-electron chi connectivity index (χ0n) is 14.7. The van der Waals surface area contributed by atoms with Gasteiger partial charge in [0.1, 0.15) is 5.82 Å². The maximum atomic E-state index is 13.0. The van der Waals surface area contributed by atoms with E-state index in [-0.39, 0.29) is 23.5 Å². The SMILES string of the molecule is C[C@@H](NC(=O)CSc1nnc(NCc2ccccc2)s1)c1ccc(F)cc1. The average molecular weight is 403 g/mol. The van der Waals surface area contributed by atoms with E-state index in [1.807, 2.05) is 37.3 Å². The number of anilines is 1. The quantitative estimate of drug-likeness (QED) is 0.551. The third kappa shape index (κ3) is 6.04. The highest BCUT2D eigenvalue weighted by atomic mass is 32.2. The summed E-state index contributed by atoms with van der Waals surface area (Å²) in [5.41, 5.74) is 2.02. The molecule has 1 aromatic heterocycles. The minimum absolute atomic E-state index is 0.106. The second-order valence-corrected chi connectivity index (χ2v) is 8.04. The fraction of sp³-hybridized carbons (Fsp3) is 0.211. The molecule has 0 spiro atoms. The Balaban J connectivity index is 1.43.